The second kappa shape index (κ2) is 8.74. The van der Waals surface area contributed by atoms with Gasteiger partial charge < -0.3 is 19.7 Å². The highest BCUT2D eigenvalue weighted by atomic mass is 16.5. The Kier molecular flexibility index (Phi) is 6.37. The molecular weight excluding hydrogens is 344 g/mol. The smallest absolute Gasteiger partial charge is 0.260 e. The van der Waals surface area contributed by atoms with Crippen LogP contribution in [0.2, 0.25) is 0 Å². The molecule has 1 saturated carbocycles. The van der Waals surface area contributed by atoms with Gasteiger partial charge in [-0.3, -0.25) is 9.59 Å². The average Bonchev–Trinajstić information content (AvgIpc) is 3.40. The predicted octanol–water partition coefficient (Wildman–Crippen LogP) is 3.22. The standard InChI is InChI=1S/C21H30N2O4/c1-3-14-27-21(2,16-6-7-16)20(25)22-17-8-10-18(11-9-17)26-15-19(24)23-12-4-5-13-23/h8-11,16H,3-7,12-15H2,1-2H3,(H,22,25)/t21-/m0/s1. The molecule has 27 heavy (non-hydrogen) atoms. The van der Waals surface area contributed by atoms with Crippen LogP contribution in [0.5, 0.6) is 5.75 Å². The van der Waals surface area contributed by atoms with Crippen LogP contribution in [0, 0.1) is 5.92 Å². The predicted molar refractivity (Wildman–Crippen MR) is 104 cm³/mol. The van der Waals surface area contributed by atoms with E-state index in [1.165, 1.54) is 0 Å². The lowest BCUT2D eigenvalue weighted by molar-refractivity contribution is -0.142. The van der Waals surface area contributed by atoms with Crippen LogP contribution < -0.4 is 10.1 Å². The minimum atomic E-state index is -0.771. The molecule has 0 aromatic heterocycles. The molecule has 2 amide bonds. The Hall–Kier alpha value is -2.08. The summed E-state index contributed by atoms with van der Waals surface area (Å²) in [5, 5.41) is 2.95. The summed E-state index contributed by atoms with van der Waals surface area (Å²) < 4.78 is 11.5. The maximum atomic E-state index is 12.8. The monoisotopic (exact) mass is 374 g/mol. The molecule has 1 N–H and O–H groups in total. The van der Waals surface area contributed by atoms with E-state index >= 15 is 0 Å². The molecular formula is C21H30N2O4. The molecule has 1 aromatic rings. The van der Waals surface area contributed by atoms with Gasteiger partial charge in [0, 0.05) is 25.4 Å². The number of likely N-dealkylation sites (tertiary alicyclic amines) is 1. The fourth-order valence-electron chi connectivity index (χ4n) is 3.41. The van der Waals surface area contributed by atoms with Crippen molar-refractivity contribution in [2.24, 2.45) is 5.92 Å². The van der Waals surface area contributed by atoms with Gasteiger partial charge in [0.05, 0.1) is 0 Å². The number of hydrogen-bond donors (Lipinski definition) is 1. The topological polar surface area (TPSA) is 67.9 Å². The van der Waals surface area contributed by atoms with Gasteiger partial charge in [-0.1, -0.05) is 6.92 Å². The summed E-state index contributed by atoms with van der Waals surface area (Å²) in [6.45, 7) is 6.21. The van der Waals surface area contributed by atoms with Crippen molar-refractivity contribution < 1.29 is 19.1 Å². The van der Waals surface area contributed by atoms with Crippen LogP contribution in [0.3, 0.4) is 0 Å². The summed E-state index contributed by atoms with van der Waals surface area (Å²) in [5.74, 6) is 0.838. The molecule has 1 aromatic carbocycles. The van der Waals surface area contributed by atoms with Gasteiger partial charge in [0.15, 0.2) is 6.61 Å². The van der Waals surface area contributed by atoms with Crippen molar-refractivity contribution in [2.75, 3.05) is 31.6 Å². The summed E-state index contributed by atoms with van der Waals surface area (Å²) in [4.78, 5) is 26.6. The van der Waals surface area contributed by atoms with Gasteiger partial charge in [-0.25, -0.2) is 0 Å². The van der Waals surface area contributed by atoms with Gasteiger partial charge in [-0.05, 0) is 69.2 Å². The second-order valence-electron chi connectivity index (χ2n) is 7.58. The average molecular weight is 374 g/mol. The molecule has 1 aliphatic carbocycles. The number of amides is 2. The third-order valence-electron chi connectivity index (χ3n) is 5.35. The molecule has 148 valence electrons. The van der Waals surface area contributed by atoms with E-state index in [2.05, 4.69) is 5.32 Å². The number of ether oxygens (including phenoxy) is 2. The van der Waals surface area contributed by atoms with E-state index in [1.807, 2.05) is 18.7 Å². The molecule has 0 unspecified atom stereocenters. The third kappa shape index (κ3) is 5.01. The number of nitrogens with one attached hydrogen (secondary N) is 1. The Bertz CT molecular complexity index is 651. The van der Waals surface area contributed by atoms with Crippen LogP contribution in [0.25, 0.3) is 0 Å². The van der Waals surface area contributed by atoms with Gasteiger partial charge in [0.25, 0.3) is 11.8 Å². The summed E-state index contributed by atoms with van der Waals surface area (Å²) in [5.41, 5.74) is -0.0713. The first kappa shape index (κ1) is 19.7. The van der Waals surface area contributed by atoms with Crippen molar-refractivity contribution >= 4 is 17.5 Å². The molecule has 3 rings (SSSR count). The summed E-state index contributed by atoms with van der Waals surface area (Å²) in [7, 11) is 0. The molecule has 1 heterocycles. The first-order valence-corrected chi connectivity index (χ1v) is 9.99. The first-order valence-electron chi connectivity index (χ1n) is 9.99. The van der Waals surface area contributed by atoms with Crippen LogP contribution in [-0.4, -0.2) is 48.6 Å². The quantitative estimate of drug-likeness (QED) is 0.721. The van der Waals surface area contributed by atoms with Crippen molar-refractivity contribution in [3.8, 4) is 5.75 Å². The van der Waals surface area contributed by atoms with Crippen LogP contribution >= 0.6 is 0 Å². The number of carbonyl (C=O) groups excluding carboxylic acids is 2. The van der Waals surface area contributed by atoms with Crippen LogP contribution in [0.4, 0.5) is 5.69 Å². The molecule has 2 fully saturated rings. The SMILES string of the molecule is CCCO[C@](C)(C(=O)Nc1ccc(OCC(=O)N2CCCC2)cc1)C1CC1. The van der Waals surface area contributed by atoms with Crippen molar-refractivity contribution in [3.63, 3.8) is 0 Å². The number of nitrogens with zero attached hydrogens (tertiary/aromatic N) is 1. The molecule has 0 bridgehead atoms. The fourth-order valence-corrected chi connectivity index (χ4v) is 3.41. The van der Waals surface area contributed by atoms with Crippen LogP contribution in [0.1, 0.15) is 46.0 Å². The molecule has 0 radical (unpaired) electrons. The minimum absolute atomic E-state index is 0.0261. The van der Waals surface area contributed by atoms with E-state index in [1.54, 1.807) is 24.3 Å². The van der Waals surface area contributed by atoms with Crippen molar-refractivity contribution in [1.82, 2.24) is 4.90 Å². The minimum Gasteiger partial charge on any atom is -0.484 e. The van der Waals surface area contributed by atoms with E-state index < -0.39 is 5.60 Å². The van der Waals surface area contributed by atoms with E-state index in [-0.39, 0.29) is 18.4 Å². The Balaban J connectivity index is 1.52. The second-order valence-corrected chi connectivity index (χ2v) is 7.58. The van der Waals surface area contributed by atoms with E-state index in [9.17, 15) is 9.59 Å². The van der Waals surface area contributed by atoms with Crippen LogP contribution in [0.15, 0.2) is 24.3 Å². The molecule has 0 spiro atoms. The normalized spacial score (nSPS) is 18.8. The largest absolute Gasteiger partial charge is 0.484 e. The first-order chi connectivity index (χ1) is 13.0. The summed E-state index contributed by atoms with van der Waals surface area (Å²) in [6.07, 6.45) is 5.10. The maximum Gasteiger partial charge on any atom is 0.260 e. The highest BCUT2D eigenvalue weighted by Crippen LogP contribution is 2.42. The lowest BCUT2D eigenvalue weighted by Gasteiger charge is -2.28. The molecule has 1 saturated heterocycles. The Morgan fingerprint density at radius 3 is 2.44 bits per heavy atom. The lowest BCUT2D eigenvalue weighted by atomic mass is 9.98. The molecule has 1 atom stereocenters. The number of hydrogen-bond acceptors (Lipinski definition) is 4. The third-order valence-corrected chi connectivity index (χ3v) is 5.35. The number of carbonyl (C=O) groups is 2. The van der Waals surface area contributed by atoms with E-state index in [4.69, 9.17) is 9.47 Å². The van der Waals surface area contributed by atoms with Gasteiger partial charge in [0.2, 0.25) is 0 Å². The highest BCUT2D eigenvalue weighted by molar-refractivity contribution is 5.97. The zero-order chi connectivity index (χ0) is 19.3. The van der Waals surface area contributed by atoms with Crippen molar-refractivity contribution in [1.29, 1.82) is 0 Å². The maximum absolute atomic E-state index is 12.8. The molecule has 1 aliphatic heterocycles. The Labute approximate surface area is 161 Å². The number of benzene rings is 1. The fraction of sp³-hybridized carbons (Fsp3) is 0.619. The van der Waals surface area contributed by atoms with Gasteiger partial charge in [-0.15, -0.1) is 0 Å². The summed E-state index contributed by atoms with van der Waals surface area (Å²) >= 11 is 0. The van der Waals surface area contributed by atoms with Gasteiger partial charge in [-0.2, -0.15) is 0 Å². The van der Waals surface area contributed by atoms with Gasteiger partial charge in [0.1, 0.15) is 11.4 Å². The van der Waals surface area contributed by atoms with E-state index in [0.29, 0.717) is 24.0 Å². The lowest BCUT2D eigenvalue weighted by Crippen LogP contribution is -2.45. The van der Waals surface area contributed by atoms with Crippen LogP contribution in [-0.2, 0) is 14.3 Å². The molecule has 6 nitrogen and oxygen atoms in total. The highest BCUT2D eigenvalue weighted by Gasteiger charge is 2.48. The number of rotatable bonds is 9. The van der Waals surface area contributed by atoms with Crippen molar-refractivity contribution in [2.45, 2.75) is 51.6 Å². The molecule has 2 aliphatic rings. The zero-order valence-corrected chi connectivity index (χ0v) is 16.3. The Morgan fingerprint density at radius 2 is 1.85 bits per heavy atom. The zero-order valence-electron chi connectivity index (χ0n) is 16.3. The molecule has 6 heteroatoms. The van der Waals surface area contributed by atoms with E-state index in [0.717, 1.165) is 45.2 Å². The van der Waals surface area contributed by atoms with Crippen molar-refractivity contribution in [3.05, 3.63) is 24.3 Å². The summed E-state index contributed by atoms with van der Waals surface area (Å²) in [6, 6.07) is 7.13. The number of anilines is 1. The van der Waals surface area contributed by atoms with Gasteiger partial charge >= 0.3 is 0 Å². The Morgan fingerprint density at radius 1 is 1.19 bits per heavy atom.